The van der Waals surface area contributed by atoms with Gasteiger partial charge in [0.15, 0.2) is 0 Å². The quantitative estimate of drug-likeness (QED) is 0.544. The van der Waals surface area contributed by atoms with Crippen molar-refractivity contribution in [3.63, 3.8) is 0 Å². The largest absolute Gasteiger partial charge is 0.326 e. The van der Waals surface area contributed by atoms with Gasteiger partial charge in [-0.15, -0.1) is 10.2 Å². The van der Waals surface area contributed by atoms with Gasteiger partial charge in [0.25, 0.3) is 5.24 Å². The first-order chi connectivity index (χ1) is 9.56. The third kappa shape index (κ3) is 6.85. The summed E-state index contributed by atoms with van der Waals surface area (Å²) in [6.45, 7) is 4.03. The van der Waals surface area contributed by atoms with Crippen molar-refractivity contribution in [3.8, 4) is 0 Å². The Labute approximate surface area is 126 Å². The van der Waals surface area contributed by atoms with Gasteiger partial charge in [-0.3, -0.25) is 14.5 Å². The highest BCUT2D eigenvalue weighted by Gasteiger charge is 2.30. The van der Waals surface area contributed by atoms with E-state index in [-0.39, 0.29) is 16.9 Å². The van der Waals surface area contributed by atoms with E-state index in [1.165, 1.54) is 4.90 Å². The Morgan fingerprint density at radius 2 is 1.67 bits per heavy atom. The summed E-state index contributed by atoms with van der Waals surface area (Å²) < 4.78 is 39.3. The monoisotopic (exact) mass is 337 g/mol. The van der Waals surface area contributed by atoms with Crippen LogP contribution in [-0.2, 0) is 11.3 Å². The van der Waals surface area contributed by atoms with E-state index in [1.807, 2.05) is 26.0 Å². The fraction of sp³-hybridized carbons (Fsp3) is 0.364. The minimum atomic E-state index is -4.94. The lowest BCUT2D eigenvalue weighted by atomic mass is 10.2. The average molecular weight is 338 g/mol. The lowest BCUT2D eigenvalue weighted by molar-refractivity contribution is -2.00. The summed E-state index contributed by atoms with van der Waals surface area (Å²) in [4.78, 5) is 24.1. The van der Waals surface area contributed by atoms with Gasteiger partial charge in [0.05, 0.1) is 26.1 Å². The first-order valence-electron chi connectivity index (χ1n) is 5.55. The second kappa shape index (κ2) is 7.16. The summed E-state index contributed by atoms with van der Waals surface area (Å²) in [5.74, 6) is 1.70. The molecule has 1 saturated heterocycles. The van der Waals surface area contributed by atoms with Gasteiger partial charge >= 0.3 is 11.5 Å². The SMILES string of the molecule is Cc1cc(CN2C(=O)CSC2=O)cc(C)[o+]1.[O-][Cl+3]([O-])([O-])[O-]. The number of thioether (sulfide) groups is 1. The Morgan fingerprint density at radius 3 is 2.05 bits per heavy atom. The molecule has 0 spiro atoms. The van der Waals surface area contributed by atoms with Gasteiger partial charge < -0.3 is 0 Å². The van der Waals surface area contributed by atoms with E-state index in [0.29, 0.717) is 6.54 Å². The number of carbonyl (C=O) groups is 2. The molecule has 0 bridgehead atoms. The van der Waals surface area contributed by atoms with Gasteiger partial charge in [0.2, 0.25) is 5.91 Å². The molecule has 10 heteroatoms. The molecule has 2 amide bonds. The van der Waals surface area contributed by atoms with Gasteiger partial charge in [-0.25, -0.2) is 23.1 Å². The molecule has 0 saturated carbocycles. The Morgan fingerprint density at radius 1 is 1.19 bits per heavy atom. The molecule has 2 heterocycles. The van der Waals surface area contributed by atoms with Crippen molar-refractivity contribution >= 4 is 22.9 Å². The molecule has 8 nitrogen and oxygen atoms in total. The number of amides is 2. The number of carbonyl (C=O) groups excluding carboxylic acids is 2. The number of halogens is 1. The van der Waals surface area contributed by atoms with Crippen LogP contribution in [0.1, 0.15) is 17.1 Å². The van der Waals surface area contributed by atoms with Crippen molar-refractivity contribution in [3.05, 3.63) is 29.2 Å². The van der Waals surface area contributed by atoms with E-state index in [9.17, 15) is 9.59 Å². The maximum absolute atomic E-state index is 11.4. The summed E-state index contributed by atoms with van der Waals surface area (Å²) in [6.07, 6.45) is 0. The van der Waals surface area contributed by atoms with E-state index >= 15 is 0 Å². The zero-order chi connectivity index (χ0) is 16.2. The molecule has 1 aromatic heterocycles. The topological polar surface area (TPSA) is 141 Å². The van der Waals surface area contributed by atoms with Gasteiger partial charge in [0, 0.05) is 12.1 Å². The number of rotatable bonds is 2. The van der Waals surface area contributed by atoms with E-state index in [0.717, 1.165) is 28.8 Å². The molecule has 116 valence electrons. The first-order valence-corrected chi connectivity index (χ1v) is 7.77. The van der Waals surface area contributed by atoms with Gasteiger partial charge in [-0.2, -0.15) is 0 Å². The van der Waals surface area contributed by atoms with Crippen LogP contribution in [0.3, 0.4) is 0 Å². The van der Waals surface area contributed by atoms with Gasteiger partial charge in [-0.05, 0) is 5.56 Å². The van der Waals surface area contributed by atoms with Crippen LogP contribution in [0.15, 0.2) is 16.5 Å². The fourth-order valence-corrected chi connectivity index (χ4v) is 2.41. The average Bonchev–Trinajstić information content (AvgIpc) is 2.57. The predicted octanol–water partition coefficient (Wildman–Crippen LogP) is -2.38. The summed E-state index contributed by atoms with van der Waals surface area (Å²) in [6, 6.07) is 3.69. The molecule has 1 aliphatic rings. The molecule has 0 unspecified atom stereocenters. The molecular weight excluding hydrogens is 326 g/mol. The molecule has 21 heavy (non-hydrogen) atoms. The lowest BCUT2D eigenvalue weighted by Crippen LogP contribution is -2.68. The molecule has 0 N–H and O–H groups in total. The number of aryl methyl sites for hydroxylation is 2. The highest BCUT2D eigenvalue weighted by Crippen LogP contribution is 2.21. The number of hydrogen-bond donors (Lipinski definition) is 0. The summed E-state index contributed by atoms with van der Waals surface area (Å²) in [7, 11) is -4.94. The maximum Gasteiger partial charge on any atom is 0.326 e. The van der Waals surface area contributed by atoms with Crippen molar-refractivity contribution in [2.45, 2.75) is 20.4 Å². The van der Waals surface area contributed by atoms with Crippen molar-refractivity contribution in [2.75, 3.05) is 5.75 Å². The molecule has 0 aliphatic carbocycles. The predicted molar refractivity (Wildman–Crippen MR) is 61.0 cm³/mol. The summed E-state index contributed by atoms with van der Waals surface area (Å²) in [5, 5.41) is -0.166. The zero-order valence-electron chi connectivity index (χ0n) is 11.2. The standard InChI is InChI=1S/C11H12NO3S.ClHO4/c1-7-3-9(4-8(2)15-7)5-12-10(13)6-16-11(12)14;2-1(3,4)5/h3-4H,5-6H2,1-2H3;(H,2,3,4,5)/q+1;/p-1. The fourth-order valence-electron chi connectivity index (χ4n) is 1.68. The molecule has 0 radical (unpaired) electrons. The Bertz CT molecular complexity index is 504. The minimum absolute atomic E-state index is 0.119. The Balaban J connectivity index is 0.000000383. The van der Waals surface area contributed by atoms with Crippen LogP contribution in [0.4, 0.5) is 4.79 Å². The molecule has 2 rings (SSSR count). The van der Waals surface area contributed by atoms with Crippen molar-refractivity contribution < 1.29 is 42.9 Å². The van der Waals surface area contributed by atoms with E-state index in [4.69, 9.17) is 23.1 Å². The molecule has 0 atom stereocenters. The molecule has 1 aliphatic heterocycles. The van der Waals surface area contributed by atoms with E-state index in [2.05, 4.69) is 0 Å². The molecule has 0 aromatic carbocycles. The van der Waals surface area contributed by atoms with Crippen LogP contribution in [0, 0.1) is 24.1 Å². The normalized spacial score (nSPS) is 15.0. The third-order valence-corrected chi connectivity index (χ3v) is 3.14. The second-order valence-electron chi connectivity index (χ2n) is 4.10. The van der Waals surface area contributed by atoms with E-state index < -0.39 is 10.2 Å². The second-order valence-corrected chi connectivity index (χ2v) is 5.78. The van der Waals surface area contributed by atoms with Crippen LogP contribution in [0.25, 0.3) is 0 Å². The minimum Gasteiger partial charge on any atom is -0.273 e. The van der Waals surface area contributed by atoms with Crippen molar-refractivity contribution in [1.29, 1.82) is 0 Å². The highest BCUT2D eigenvalue weighted by molar-refractivity contribution is 8.14. The Hall–Kier alpha value is -1.23. The van der Waals surface area contributed by atoms with Crippen molar-refractivity contribution in [2.24, 2.45) is 0 Å². The summed E-state index contributed by atoms with van der Waals surface area (Å²) in [5.41, 5.74) is 0.922. The number of imide groups is 1. The molecule has 1 fully saturated rings. The zero-order valence-corrected chi connectivity index (χ0v) is 12.7. The number of nitrogens with zero attached hydrogens (tertiary/aromatic N) is 1. The van der Waals surface area contributed by atoms with Crippen LogP contribution in [-0.4, -0.2) is 21.8 Å². The van der Waals surface area contributed by atoms with Crippen molar-refractivity contribution in [1.82, 2.24) is 4.90 Å². The summed E-state index contributed by atoms with van der Waals surface area (Å²) >= 11 is 1.06. The van der Waals surface area contributed by atoms with Crippen LogP contribution >= 0.6 is 11.8 Å². The van der Waals surface area contributed by atoms with Crippen LogP contribution in [0.5, 0.6) is 0 Å². The lowest BCUT2D eigenvalue weighted by Gasteiger charge is -2.17. The maximum atomic E-state index is 11.4. The molecular formula is C11H12ClNO7S. The number of hydrogen-bond acceptors (Lipinski definition) is 7. The van der Waals surface area contributed by atoms with Crippen LogP contribution < -0.4 is 18.6 Å². The first kappa shape index (κ1) is 17.8. The van der Waals surface area contributed by atoms with E-state index in [1.54, 1.807) is 0 Å². The van der Waals surface area contributed by atoms with Gasteiger partial charge in [0.1, 0.15) is 0 Å². The van der Waals surface area contributed by atoms with Gasteiger partial charge in [-0.1, -0.05) is 11.8 Å². The Kier molecular flexibility index (Phi) is 6.08. The molecule has 1 aromatic rings. The van der Waals surface area contributed by atoms with Crippen LogP contribution in [0.2, 0.25) is 0 Å². The highest BCUT2D eigenvalue weighted by atomic mass is 35.7. The third-order valence-electron chi connectivity index (χ3n) is 2.28. The smallest absolute Gasteiger partial charge is 0.273 e.